The van der Waals surface area contributed by atoms with Gasteiger partial charge in [0.2, 0.25) is 5.91 Å². The number of nitrogens with zero attached hydrogens (tertiary/aromatic N) is 3. The van der Waals surface area contributed by atoms with E-state index in [0.717, 1.165) is 25.0 Å². The van der Waals surface area contributed by atoms with Gasteiger partial charge in [-0.25, -0.2) is 18.3 Å². The van der Waals surface area contributed by atoms with Gasteiger partial charge in [0.25, 0.3) is 0 Å². The summed E-state index contributed by atoms with van der Waals surface area (Å²) in [6.07, 6.45) is 3.01. The second-order valence-electron chi connectivity index (χ2n) is 6.81. The van der Waals surface area contributed by atoms with Gasteiger partial charge in [0.1, 0.15) is 18.1 Å². The Morgan fingerprint density at radius 3 is 3.00 bits per heavy atom. The van der Waals surface area contributed by atoms with Crippen LogP contribution in [0.1, 0.15) is 19.3 Å². The highest BCUT2D eigenvalue weighted by Crippen LogP contribution is 2.29. The number of cyclic esters (lactones) is 1. The van der Waals surface area contributed by atoms with Crippen LogP contribution in [0.4, 0.5) is 19.4 Å². The molecule has 2 aliphatic rings. The van der Waals surface area contributed by atoms with Crippen molar-refractivity contribution in [3.8, 4) is 5.69 Å². The maximum Gasteiger partial charge on any atom is 0.410 e. The molecule has 2 fully saturated rings. The molecule has 0 unspecified atom stereocenters. The van der Waals surface area contributed by atoms with Crippen molar-refractivity contribution in [2.24, 2.45) is 5.92 Å². The number of amides is 2. The monoisotopic (exact) mass is 376 g/mol. The van der Waals surface area contributed by atoms with Gasteiger partial charge >= 0.3 is 6.09 Å². The highest BCUT2D eigenvalue weighted by molar-refractivity contribution is 5.89. The number of rotatable bonds is 4. The van der Waals surface area contributed by atoms with Crippen LogP contribution in [0.2, 0.25) is 0 Å². The lowest BCUT2D eigenvalue weighted by Crippen LogP contribution is -2.41. The molecule has 1 aromatic heterocycles. The lowest BCUT2D eigenvalue weighted by atomic mass is 9.89. The summed E-state index contributed by atoms with van der Waals surface area (Å²) in [7, 11) is 0. The molecule has 27 heavy (non-hydrogen) atoms. The molecule has 9 heteroatoms. The summed E-state index contributed by atoms with van der Waals surface area (Å²) in [4.78, 5) is 25.5. The van der Waals surface area contributed by atoms with Crippen LogP contribution in [0.5, 0.6) is 0 Å². The average Bonchev–Trinajstić information content (AvgIpc) is 3.22. The SMILES string of the molecule is O=C(C[C@H]1CCN2C(=O)OC[C@H]2C1)Nc1ccn(-c2ccc(F)cc2F)n1. The Bertz CT molecular complexity index is 885. The first-order chi connectivity index (χ1) is 13.0. The number of aromatic nitrogens is 2. The first-order valence-electron chi connectivity index (χ1n) is 8.74. The zero-order valence-electron chi connectivity index (χ0n) is 14.4. The molecule has 1 N–H and O–H groups in total. The van der Waals surface area contributed by atoms with Gasteiger partial charge in [-0.3, -0.25) is 4.79 Å². The van der Waals surface area contributed by atoms with E-state index in [1.165, 1.54) is 16.9 Å². The summed E-state index contributed by atoms with van der Waals surface area (Å²) >= 11 is 0. The molecule has 0 saturated carbocycles. The molecule has 0 aliphatic carbocycles. The summed E-state index contributed by atoms with van der Waals surface area (Å²) in [5, 5.41) is 6.82. The van der Waals surface area contributed by atoms with Crippen molar-refractivity contribution in [3.05, 3.63) is 42.1 Å². The lowest BCUT2D eigenvalue weighted by Gasteiger charge is -2.31. The molecule has 0 radical (unpaired) electrons. The van der Waals surface area contributed by atoms with Gasteiger partial charge in [0.15, 0.2) is 11.6 Å². The van der Waals surface area contributed by atoms with Crippen molar-refractivity contribution in [1.29, 1.82) is 0 Å². The summed E-state index contributed by atoms with van der Waals surface area (Å²) in [6.45, 7) is 0.977. The number of anilines is 1. The molecule has 3 heterocycles. The predicted molar refractivity (Wildman–Crippen MR) is 91.3 cm³/mol. The molecule has 2 amide bonds. The number of halogens is 2. The van der Waals surface area contributed by atoms with E-state index >= 15 is 0 Å². The van der Waals surface area contributed by atoms with Crippen LogP contribution in [0.3, 0.4) is 0 Å². The van der Waals surface area contributed by atoms with Gasteiger partial charge in [0, 0.05) is 31.3 Å². The van der Waals surface area contributed by atoms with Crippen molar-refractivity contribution in [3.63, 3.8) is 0 Å². The molecular weight excluding hydrogens is 358 g/mol. The van der Waals surface area contributed by atoms with Gasteiger partial charge in [-0.1, -0.05) is 0 Å². The van der Waals surface area contributed by atoms with Gasteiger partial charge in [0.05, 0.1) is 6.04 Å². The zero-order valence-corrected chi connectivity index (χ0v) is 14.4. The quantitative estimate of drug-likeness (QED) is 0.890. The van der Waals surface area contributed by atoms with Crippen LogP contribution in [-0.4, -0.2) is 45.9 Å². The third kappa shape index (κ3) is 3.62. The average molecular weight is 376 g/mol. The van der Waals surface area contributed by atoms with E-state index < -0.39 is 11.6 Å². The lowest BCUT2D eigenvalue weighted by molar-refractivity contribution is -0.117. The number of carbonyl (C=O) groups is 2. The van der Waals surface area contributed by atoms with Gasteiger partial charge in [-0.05, 0) is 30.9 Å². The maximum absolute atomic E-state index is 13.8. The molecule has 4 rings (SSSR count). The number of ether oxygens (including phenoxy) is 1. The molecule has 0 spiro atoms. The highest BCUT2D eigenvalue weighted by Gasteiger charge is 2.38. The summed E-state index contributed by atoms with van der Waals surface area (Å²) in [5.74, 6) is -1.14. The molecular formula is C18H18F2N4O3. The number of carbonyl (C=O) groups excluding carboxylic acids is 2. The highest BCUT2D eigenvalue weighted by atomic mass is 19.1. The first-order valence-corrected chi connectivity index (χ1v) is 8.74. The van der Waals surface area contributed by atoms with Crippen LogP contribution >= 0.6 is 0 Å². The van der Waals surface area contributed by atoms with E-state index in [2.05, 4.69) is 10.4 Å². The molecule has 2 saturated heterocycles. The van der Waals surface area contributed by atoms with Crippen LogP contribution in [0.25, 0.3) is 5.69 Å². The fourth-order valence-corrected chi connectivity index (χ4v) is 3.62. The van der Waals surface area contributed by atoms with Crippen molar-refractivity contribution in [1.82, 2.24) is 14.7 Å². The van der Waals surface area contributed by atoms with Crippen molar-refractivity contribution in [2.75, 3.05) is 18.5 Å². The van der Waals surface area contributed by atoms with Crippen molar-refractivity contribution < 1.29 is 23.1 Å². The van der Waals surface area contributed by atoms with E-state index in [0.29, 0.717) is 25.4 Å². The fourth-order valence-electron chi connectivity index (χ4n) is 3.62. The minimum absolute atomic E-state index is 0.0460. The van der Waals surface area contributed by atoms with E-state index in [9.17, 15) is 18.4 Å². The standard InChI is InChI=1S/C18H18F2N4O3/c19-12-1-2-15(14(20)9-12)24-6-4-16(22-24)21-17(25)8-11-3-5-23-13(7-11)10-27-18(23)26/h1-2,4,6,9,11,13H,3,5,7-8,10H2,(H,21,22,25)/t11-,13+/m0/s1. The third-order valence-corrected chi connectivity index (χ3v) is 4.95. The Balaban J connectivity index is 1.35. The number of hydrogen-bond acceptors (Lipinski definition) is 4. The second kappa shape index (κ2) is 6.98. The van der Waals surface area contributed by atoms with Crippen molar-refractivity contribution in [2.45, 2.75) is 25.3 Å². The molecule has 2 atom stereocenters. The molecule has 2 aromatic rings. The minimum Gasteiger partial charge on any atom is -0.447 e. The Morgan fingerprint density at radius 1 is 1.33 bits per heavy atom. The van der Waals surface area contributed by atoms with Gasteiger partial charge in [-0.2, -0.15) is 0 Å². The van der Waals surface area contributed by atoms with Crippen LogP contribution < -0.4 is 5.32 Å². The van der Waals surface area contributed by atoms with Gasteiger partial charge < -0.3 is 15.0 Å². The van der Waals surface area contributed by atoms with E-state index in [4.69, 9.17) is 4.74 Å². The molecule has 142 valence electrons. The largest absolute Gasteiger partial charge is 0.447 e. The van der Waals surface area contributed by atoms with Crippen LogP contribution in [-0.2, 0) is 9.53 Å². The first kappa shape index (κ1) is 17.4. The van der Waals surface area contributed by atoms with Gasteiger partial charge in [-0.15, -0.1) is 5.10 Å². The minimum atomic E-state index is -0.740. The summed E-state index contributed by atoms with van der Waals surface area (Å²) in [5.41, 5.74) is 0.0928. The smallest absolute Gasteiger partial charge is 0.410 e. The molecule has 7 nitrogen and oxygen atoms in total. The normalized spacial score (nSPS) is 21.7. The van der Waals surface area contributed by atoms with E-state index in [1.807, 2.05) is 0 Å². The Labute approximate surface area is 153 Å². The Hall–Kier alpha value is -2.97. The molecule has 1 aromatic carbocycles. The third-order valence-electron chi connectivity index (χ3n) is 4.95. The number of piperidine rings is 1. The molecule has 0 bridgehead atoms. The van der Waals surface area contributed by atoms with Crippen LogP contribution in [0.15, 0.2) is 30.5 Å². The Kier molecular flexibility index (Phi) is 4.51. The number of fused-ring (bicyclic) bond motifs is 1. The van der Waals surface area contributed by atoms with Crippen molar-refractivity contribution >= 4 is 17.8 Å². The number of benzene rings is 1. The maximum atomic E-state index is 13.8. The second-order valence-corrected chi connectivity index (χ2v) is 6.81. The number of nitrogens with one attached hydrogen (secondary N) is 1. The predicted octanol–water partition coefficient (Wildman–Crippen LogP) is 2.71. The molecule has 2 aliphatic heterocycles. The summed E-state index contributed by atoms with van der Waals surface area (Å²) in [6, 6.07) is 4.79. The Morgan fingerprint density at radius 2 is 2.19 bits per heavy atom. The topological polar surface area (TPSA) is 76.5 Å². The van der Waals surface area contributed by atoms with E-state index in [-0.39, 0.29) is 29.6 Å². The van der Waals surface area contributed by atoms with Crippen LogP contribution in [0, 0.1) is 17.6 Å². The summed E-state index contributed by atoms with van der Waals surface area (Å²) < 4.78 is 33.1. The zero-order chi connectivity index (χ0) is 19.0. The number of hydrogen-bond donors (Lipinski definition) is 1. The van der Waals surface area contributed by atoms with E-state index in [1.54, 1.807) is 11.0 Å². The fraction of sp³-hybridized carbons (Fsp3) is 0.389.